The van der Waals surface area contributed by atoms with Crippen LogP contribution in [0.1, 0.15) is 174 Å². The van der Waals surface area contributed by atoms with Gasteiger partial charge in [-0.2, -0.15) is 0 Å². The molecule has 1 aromatic carbocycles. The van der Waals surface area contributed by atoms with E-state index in [4.69, 9.17) is 23.7 Å². The Labute approximate surface area is 405 Å². The van der Waals surface area contributed by atoms with Gasteiger partial charge < -0.3 is 38.6 Å². The van der Waals surface area contributed by atoms with Gasteiger partial charge in [-0.1, -0.05) is 70.4 Å². The number of ketones is 1. The van der Waals surface area contributed by atoms with Crippen molar-refractivity contribution >= 4 is 23.6 Å². The van der Waals surface area contributed by atoms with E-state index in [0.29, 0.717) is 97.1 Å². The fourth-order valence-electron chi connectivity index (χ4n) is 6.64. The van der Waals surface area contributed by atoms with E-state index in [2.05, 4.69) is 56.3 Å². The van der Waals surface area contributed by atoms with Crippen LogP contribution in [0.5, 0.6) is 0 Å². The van der Waals surface area contributed by atoms with E-state index < -0.39 is 30.6 Å². The fourth-order valence-corrected chi connectivity index (χ4v) is 6.64. The van der Waals surface area contributed by atoms with E-state index in [1.54, 1.807) is 4.90 Å². The number of carbonyl (C=O) groups excluding carboxylic acids is 4. The number of Topliss-reactive ketones (excluding diaryl/α,β-unsaturated/α-hetero) is 1. The van der Waals surface area contributed by atoms with Crippen LogP contribution in [0.2, 0.25) is 0 Å². The molecule has 0 fully saturated rings. The topological polar surface area (TPSA) is 141 Å². The Balaban J connectivity index is 2.91. The molecule has 0 aromatic heterocycles. The molecule has 67 heavy (non-hydrogen) atoms. The minimum absolute atomic E-state index is 0.0238. The molecule has 0 saturated heterocycles. The highest BCUT2D eigenvalue weighted by Gasteiger charge is 2.27. The maximum atomic E-state index is 13.9. The third-order valence-electron chi connectivity index (χ3n) is 10.6. The van der Waals surface area contributed by atoms with Gasteiger partial charge in [0.1, 0.15) is 19.0 Å². The van der Waals surface area contributed by atoms with Crippen molar-refractivity contribution in [3.63, 3.8) is 0 Å². The van der Waals surface area contributed by atoms with Gasteiger partial charge >= 0.3 is 11.9 Å². The molecule has 0 heterocycles. The number of aliphatic hydroxyl groups is 1. The van der Waals surface area contributed by atoms with Crippen LogP contribution in [0.15, 0.2) is 30.3 Å². The summed E-state index contributed by atoms with van der Waals surface area (Å²) < 4.78 is 29.1. The average molecular weight is 935 g/mol. The Morgan fingerprint density at radius 2 is 1.06 bits per heavy atom. The van der Waals surface area contributed by atoms with Gasteiger partial charge in [0, 0.05) is 77.2 Å². The fraction of sp³-hybridized carbons (Fsp3) is 0.709. The third-order valence-corrected chi connectivity index (χ3v) is 10.6. The number of ether oxygens (including phenoxy) is 5. The second-order valence-corrected chi connectivity index (χ2v) is 17.1. The predicted octanol–water partition coefficient (Wildman–Crippen LogP) is 9.38. The summed E-state index contributed by atoms with van der Waals surface area (Å²) in [4.78, 5) is 56.7. The van der Waals surface area contributed by atoms with E-state index in [1.165, 1.54) is 0 Å². The van der Waals surface area contributed by atoms with E-state index in [9.17, 15) is 24.3 Å². The molecule has 0 aliphatic heterocycles. The van der Waals surface area contributed by atoms with Gasteiger partial charge in [-0.3, -0.25) is 19.2 Å². The first-order valence-electron chi connectivity index (χ1n) is 25.3. The minimum atomic E-state index is -0.938. The molecular weight excluding hydrogens is 849 g/mol. The number of esters is 2. The number of aliphatic hydroxyl groups excluding tert-OH is 1. The van der Waals surface area contributed by atoms with Crippen LogP contribution in [0, 0.1) is 35.5 Å². The molecule has 376 valence electrons. The maximum absolute atomic E-state index is 13.9. The highest BCUT2D eigenvalue weighted by Crippen LogP contribution is 2.15. The predicted molar refractivity (Wildman–Crippen MR) is 265 cm³/mol. The summed E-state index contributed by atoms with van der Waals surface area (Å²) in [5, 5.41) is 10.2. The number of amides is 1. The summed E-state index contributed by atoms with van der Waals surface area (Å²) in [6, 6.07) is 8.65. The average Bonchev–Trinajstić information content (AvgIpc) is 3.31. The lowest BCUT2D eigenvalue weighted by molar-refractivity contribution is -0.155. The van der Waals surface area contributed by atoms with Gasteiger partial charge in [0.15, 0.2) is 12.6 Å². The molecule has 2 atom stereocenters. The Bertz CT molecular complexity index is 1600. The Hall–Kier alpha value is -4.22. The van der Waals surface area contributed by atoms with Gasteiger partial charge in [0.05, 0.1) is 25.9 Å². The molecule has 1 aromatic rings. The third kappa shape index (κ3) is 36.5. The zero-order valence-corrected chi connectivity index (χ0v) is 42.1. The minimum Gasteiger partial charge on any atom is -0.463 e. The van der Waals surface area contributed by atoms with Gasteiger partial charge in [-0.05, 0) is 90.4 Å². The standard InChI is InChI=1S/C55H86N2O10/c1-6-9-12-15-18-28-42-63-52(60)34-24-25-35-53(61)66-46-49(57(41-31-40-56(4)5)51(59)39-38-50(58)45-48-32-22-21-23-33-48)47-67-54(62)36-26-27-37-55(64-43-29-19-16-13-10-7-2)65-44-30-20-17-14-11-8-3/h21-23,32-33,49,52,55,60H,6-14,24-31,34-47H2,1-5H3. The van der Waals surface area contributed by atoms with E-state index in [-0.39, 0.29) is 57.0 Å². The molecule has 1 amide bonds. The van der Waals surface area contributed by atoms with Crippen LogP contribution in [0.25, 0.3) is 0 Å². The van der Waals surface area contributed by atoms with Crippen LogP contribution < -0.4 is 0 Å². The zero-order chi connectivity index (χ0) is 49.0. The first-order chi connectivity index (χ1) is 32.6. The molecule has 12 nitrogen and oxygen atoms in total. The maximum Gasteiger partial charge on any atom is 0.305 e. The van der Waals surface area contributed by atoms with Crippen LogP contribution >= 0.6 is 0 Å². The smallest absolute Gasteiger partial charge is 0.305 e. The van der Waals surface area contributed by atoms with Crippen molar-refractivity contribution in [2.24, 2.45) is 0 Å². The molecule has 2 unspecified atom stereocenters. The van der Waals surface area contributed by atoms with Gasteiger partial charge in [-0.15, -0.1) is 35.5 Å². The summed E-state index contributed by atoms with van der Waals surface area (Å²) in [5.74, 6) is 17.7. The Morgan fingerprint density at radius 1 is 0.567 bits per heavy atom. The summed E-state index contributed by atoms with van der Waals surface area (Å²) in [7, 11) is 3.89. The monoisotopic (exact) mass is 935 g/mol. The molecule has 1 rings (SSSR count). The molecule has 0 aliphatic carbocycles. The normalized spacial score (nSPS) is 11.7. The zero-order valence-electron chi connectivity index (χ0n) is 42.1. The number of benzene rings is 1. The van der Waals surface area contributed by atoms with Crippen LogP contribution in [-0.4, -0.2) is 117 Å². The SMILES string of the molecule is CCCCC#CCCOC(O)CCCCC(=O)OCC(COC(=O)CCCCC(OCCC#CCCCC)OCCC#CCCCC)N(CCCN(C)C)C(=O)CCC(=O)Cc1ccccc1. The lowest BCUT2D eigenvalue weighted by Gasteiger charge is -2.32. The highest BCUT2D eigenvalue weighted by atomic mass is 16.7. The van der Waals surface area contributed by atoms with Crippen molar-refractivity contribution in [3.05, 3.63) is 35.9 Å². The molecule has 0 radical (unpaired) electrons. The summed E-state index contributed by atoms with van der Waals surface area (Å²) in [5.41, 5.74) is 0.881. The summed E-state index contributed by atoms with van der Waals surface area (Å²) in [6.07, 6.45) is 13.9. The molecule has 12 heteroatoms. The van der Waals surface area contributed by atoms with E-state index in [0.717, 1.165) is 63.4 Å². The van der Waals surface area contributed by atoms with Crippen LogP contribution in [-0.2, 0) is 49.3 Å². The molecule has 0 bridgehead atoms. The number of unbranched alkanes of at least 4 members (excludes halogenated alkanes) is 8. The Morgan fingerprint density at radius 3 is 1.57 bits per heavy atom. The first kappa shape index (κ1) is 60.8. The van der Waals surface area contributed by atoms with Crippen molar-refractivity contribution < 1.29 is 48.0 Å². The number of hydrogen-bond donors (Lipinski definition) is 1. The molecule has 0 aliphatic rings. The van der Waals surface area contributed by atoms with Crippen molar-refractivity contribution in [3.8, 4) is 35.5 Å². The summed E-state index contributed by atoms with van der Waals surface area (Å²) >= 11 is 0. The lowest BCUT2D eigenvalue weighted by atomic mass is 10.1. The van der Waals surface area contributed by atoms with Crippen LogP contribution in [0.3, 0.4) is 0 Å². The lowest BCUT2D eigenvalue weighted by Crippen LogP contribution is -2.47. The van der Waals surface area contributed by atoms with Gasteiger partial charge in [0.2, 0.25) is 5.91 Å². The number of carbonyl (C=O) groups is 4. The number of nitrogens with zero attached hydrogens (tertiary/aromatic N) is 2. The van der Waals surface area contributed by atoms with Crippen molar-refractivity contribution in [1.82, 2.24) is 9.80 Å². The van der Waals surface area contributed by atoms with Crippen molar-refractivity contribution in [2.45, 2.75) is 193 Å². The largest absolute Gasteiger partial charge is 0.463 e. The van der Waals surface area contributed by atoms with Crippen molar-refractivity contribution in [2.75, 3.05) is 60.2 Å². The Kier molecular flexibility index (Phi) is 39.1. The van der Waals surface area contributed by atoms with Gasteiger partial charge in [0.25, 0.3) is 0 Å². The van der Waals surface area contributed by atoms with Gasteiger partial charge in [-0.25, -0.2) is 0 Å². The number of rotatable bonds is 39. The first-order valence-corrected chi connectivity index (χ1v) is 25.3. The highest BCUT2D eigenvalue weighted by molar-refractivity contribution is 5.86. The summed E-state index contributed by atoms with van der Waals surface area (Å²) in [6.45, 7) is 8.34. The quantitative estimate of drug-likeness (QED) is 0.0292. The van der Waals surface area contributed by atoms with Crippen molar-refractivity contribution in [1.29, 1.82) is 0 Å². The second-order valence-electron chi connectivity index (χ2n) is 17.1. The van der Waals surface area contributed by atoms with E-state index in [1.807, 2.05) is 49.3 Å². The molecular formula is C55H86N2O10. The number of hydrogen-bond acceptors (Lipinski definition) is 11. The van der Waals surface area contributed by atoms with E-state index >= 15 is 0 Å². The molecule has 1 N–H and O–H groups in total. The molecule has 0 saturated carbocycles. The van der Waals surface area contributed by atoms with Crippen LogP contribution in [0.4, 0.5) is 0 Å². The molecule has 0 spiro atoms. The second kappa shape index (κ2) is 43.1.